The molecule has 1 aromatic heterocycles. The molecule has 2 amide bonds. The largest absolute Gasteiger partial charge is 0.356 e. The fraction of sp³-hybridized carbons (Fsp3) is 0.476. The van der Waals surface area contributed by atoms with Crippen LogP contribution in [0.2, 0.25) is 0 Å². The molecule has 2 aromatic rings. The molecule has 3 aliphatic rings. The van der Waals surface area contributed by atoms with Crippen molar-refractivity contribution in [1.82, 2.24) is 20.2 Å². The van der Waals surface area contributed by atoms with Crippen LogP contribution in [0, 0.1) is 5.92 Å². The van der Waals surface area contributed by atoms with Gasteiger partial charge < -0.3 is 15.6 Å². The van der Waals surface area contributed by atoms with Gasteiger partial charge >= 0.3 is 0 Å². The third kappa shape index (κ3) is 2.49. The first kappa shape index (κ1) is 17.4. The van der Waals surface area contributed by atoms with Gasteiger partial charge in [0.15, 0.2) is 0 Å². The fourth-order valence-electron chi connectivity index (χ4n) is 5.41. The van der Waals surface area contributed by atoms with Crippen molar-refractivity contribution in [3.63, 3.8) is 0 Å². The number of aryl methyl sites for hydroxylation is 1. The highest BCUT2D eigenvalue weighted by molar-refractivity contribution is 6.09. The molecule has 5 rings (SSSR count). The number of aromatic amines is 1. The van der Waals surface area contributed by atoms with Gasteiger partial charge in [0, 0.05) is 42.7 Å². The van der Waals surface area contributed by atoms with Crippen molar-refractivity contribution in [1.29, 1.82) is 0 Å². The van der Waals surface area contributed by atoms with Crippen molar-refractivity contribution in [3.05, 3.63) is 48.0 Å². The Morgan fingerprint density at radius 1 is 1.36 bits per heavy atom. The number of carbonyl (C=O) groups is 2. The zero-order valence-electron chi connectivity index (χ0n) is 15.8. The van der Waals surface area contributed by atoms with E-state index in [2.05, 4.69) is 25.5 Å². The molecular formula is C21H25N5O2. The number of benzene rings is 1. The summed E-state index contributed by atoms with van der Waals surface area (Å²) in [6, 6.07) is 8.13. The van der Waals surface area contributed by atoms with Gasteiger partial charge in [-0.1, -0.05) is 18.2 Å². The second kappa shape index (κ2) is 6.74. The summed E-state index contributed by atoms with van der Waals surface area (Å²) in [6.45, 7) is 1.45. The van der Waals surface area contributed by atoms with Gasteiger partial charge in [0.2, 0.25) is 11.8 Å². The van der Waals surface area contributed by atoms with Gasteiger partial charge in [-0.05, 0) is 38.3 Å². The third-order valence-corrected chi connectivity index (χ3v) is 6.54. The first-order chi connectivity index (χ1) is 13.7. The predicted octanol–water partition coefficient (Wildman–Crippen LogP) is 1.79. The maximum Gasteiger partial charge on any atom is 0.250 e. The number of imidazole rings is 1. The Labute approximate surface area is 163 Å². The lowest BCUT2D eigenvalue weighted by Crippen LogP contribution is -2.54. The number of rotatable bonds is 5. The van der Waals surface area contributed by atoms with Crippen molar-refractivity contribution in [2.45, 2.75) is 43.7 Å². The van der Waals surface area contributed by atoms with Crippen LogP contribution in [0.1, 0.15) is 37.1 Å². The number of fused-ring (bicyclic) bond motifs is 4. The Morgan fingerprint density at radius 3 is 3.11 bits per heavy atom. The highest BCUT2D eigenvalue weighted by atomic mass is 16.2. The van der Waals surface area contributed by atoms with E-state index in [9.17, 15) is 9.59 Å². The van der Waals surface area contributed by atoms with Gasteiger partial charge in [-0.3, -0.25) is 14.5 Å². The zero-order chi connectivity index (χ0) is 19.1. The summed E-state index contributed by atoms with van der Waals surface area (Å²) < 4.78 is 0. The van der Waals surface area contributed by atoms with E-state index in [1.807, 2.05) is 24.3 Å². The monoisotopic (exact) mass is 379 g/mol. The highest BCUT2D eigenvalue weighted by Crippen LogP contribution is 2.55. The van der Waals surface area contributed by atoms with Crippen LogP contribution in [0.25, 0.3) is 0 Å². The number of hydrogen-bond acceptors (Lipinski definition) is 4. The number of aromatic nitrogens is 2. The average molecular weight is 379 g/mol. The van der Waals surface area contributed by atoms with E-state index < -0.39 is 5.54 Å². The Kier molecular flexibility index (Phi) is 4.19. The minimum atomic E-state index is -0.858. The van der Waals surface area contributed by atoms with Gasteiger partial charge in [0.05, 0.1) is 5.92 Å². The molecular weight excluding hydrogens is 354 g/mol. The summed E-state index contributed by atoms with van der Waals surface area (Å²) in [4.78, 5) is 36.1. The van der Waals surface area contributed by atoms with Gasteiger partial charge in [-0.25, -0.2) is 4.98 Å². The summed E-state index contributed by atoms with van der Waals surface area (Å²) in [7, 11) is 0. The lowest BCUT2D eigenvalue weighted by atomic mass is 9.78. The normalized spacial score (nSPS) is 28.4. The zero-order valence-corrected chi connectivity index (χ0v) is 15.8. The van der Waals surface area contributed by atoms with Crippen LogP contribution in [0.15, 0.2) is 36.7 Å². The number of nitrogens with one attached hydrogen (secondary N) is 3. The van der Waals surface area contributed by atoms with Gasteiger partial charge in [-0.2, -0.15) is 0 Å². The number of anilines is 1. The van der Waals surface area contributed by atoms with E-state index in [4.69, 9.17) is 0 Å². The summed E-state index contributed by atoms with van der Waals surface area (Å²) >= 11 is 0. The second-order valence-electron chi connectivity index (χ2n) is 7.97. The van der Waals surface area contributed by atoms with E-state index in [-0.39, 0.29) is 17.7 Å². The van der Waals surface area contributed by atoms with Crippen molar-refractivity contribution < 1.29 is 9.59 Å². The van der Waals surface area contributed by atoms with E-state index >= 15 is 0 Å². The number of amides is 2. The van der Waals surface area contributed by atoms with Crippen LogP contribution in [0.3, 0.4) is 0 Å². The topological polar surface area (TPSA) is 90.1 Å². The minimum Gasteiger partial charge on any atom is -0.356 e. The number of carbonyl (C=O) groups excluding carboxylic acids is 2. The van der Waals surface area contributed by atoms with E-state index in [0.717, 1.165) is 55.7 Å². The number of para-hydroxylation sites is 1. The molecule has 146 valence electrons. The molecule has 3 N–H and O–H groups in total. The molecule has 2 saturated heterocycles. The van der Waals surface area contributed by atoms with Crippen LogP contribution in [0.5, 0.6) is 0 Å². The maximum absolute atomic E-state index is 13.3. The van der Waals surface area contributed by atoms with Gasteiger partial charge in [0.25, 0.3) is 0 Å². The highest BCUT2D eigenvalue weighted by Gasteiger charge is 2.65. The summed E-state index contributed by atoms with van der Waals surface area (Å²) in [5.74, 6) is 0.510. The molecule has 0 aliphatic carbocycles. The summed E-state index contributed by atoms with van der Waals surface area (Å²) in [5, 5.41) is 6.13. The molecule has 3 aliphatic heterocycles. The first-order valence-corrected chi connectivity index (χ1v) is 10.1. The third-order valence-electron chi connectivity index (χ3n) is 6.54. The molecule has 0 bridgehead atoms. The van der Waals surface area contributed by atoms with E-state index in [1.54, 1.807) is 12.4 Å². The predicted molar refractivity (Wildman–Crippen MR) is 105 cm³/mol. The molecule has 28 heavy (non-hydrogen) atoms. The van der Waals surface area contributed by atoms with Crippen LogP contribution >= 0.6 is 0 Å². The fourth-order valence-corrected chi connectivity index (χ4v) is 5.41. The van der Waals surface area contributed by atoms with Crippen molar-refractivity contribution in [2.75, 3.05) is 18.4 Å². The standard InChI is InChI=1S/C21H25N5O2/c27-19(24-9-3-8-18-22-10-11-23-18)16-13-14-5-4-12-26(14)21(16)15-6-1-2-7-17(15)25-20(21)28/h1-2,6-7,10-11,14,16H,3-5,8-9,12-13H2,(H,22,23)(H,24,27)(H,25,28)/t14-,16-,21+/m1/s1. The SMILES string of the molecule is O=C(NCCCc1ncc[nH]1)[C@H]1C[C@H]2CCCN2[C@]12C(=O)Nc1ccccc12. The second-order valence-corrected chi connectivity index (χ2v) is 7.97. The van der Waals surface area contributed by atoms with Crippen LogP contribution in [-0.2, 0) is 21.5 Å². The molecule has 7 heteroatoms. The van der Waals surface area contributed by atoms with E-state index in [1.165, 1.54) is 0 Å². The summed E-state index contributed by atoms with van der Waals surface area (Å²) in [5.41, 5.74) is 0.943. The molecule has 0 saturated carbocycles. The molecule has 7 nitrogen and oxygen atoms in total. The Balaban J connectivity index is 1.37. The molecule has 3 atom stereocenters. The van der Waals surface area contributed by atoms with Crippen molar-refractivity contribution in [3.8, 4) is 0 Å². The molecule has 1 spiro atoms. The lowest BCUT2D eigenvalue weighted by Gasteiger charge is -2.36. The lowest BCUT2D eigenvalue weighted by molar-refractivity contribution is -0.137. The Bertz CT molecular complexity index is 896. The molecule has 2 fully saturated rings. The Hall–Kier alpha value is -2.67. The van der Waals surface area contributed by atoms with Gasteiger partial charge in [0.1, 0.15) is 11.4 Å². The van der Waals surface area contributed by atoms with Crippen molar-refractivity contribution in [2.24, 2.45) is 5.92 Å². The van der Waals surface area contributed by atoms with E-state index in [0.29, 0.717) is 12.6 Å². The van der Waals surface area contributed by atoms with Crippen LogP contribution < -0.4 is 10.6 Å². The van der Waals surface area contributed by atoms with Crippen molar-refractivity contribution >= 4 is 17.5 Å². The molecule has 4 heterocycles. The van der Waals surface area contributed by atoms with Crippen LogP contribution in [-0.4, -0.2) is 45.8 Å². The minimum absolute atomic E-state index is 0.0132. The molecule has 1 aromatic carbocycles. The first-order valence-electron chi connectivity index (χ1n) is 10.1. The maximum atomic E-state index is 13.3. The number of H-pyrrole nitrogens is 1. The average Bonchev–Trinajstić information content (AvgIpc) is 3.45. The number of nitrogens with zero attached hydrogens (tertiary/aromatic N) is 2. The Morgan fingerprint density at radius 2 is 2.25 bits per heavy atom. The van der Waals surface area contributed by atoms with Crippen LogP contribution in [0.4, 0.5) is 5.69 Å². The summed E-state index contributed by atoms with van der Waals surface area (Å²) in [6.07, 6.45) is 8.03. The number of hydrogen-bond donors (Lipinski definition) is 3. The molecule has 0 unspecified atom stereocenters. The smallest absolute Gasteiger partial charge is 0.250 e. The quantitative estimate of drug-likeness (QED) is 0.691. The van der Waals surface area contributed by atoms with Gasteiger partial charge in [-0.15, -0.1) is 0 Å². The molecule has 0 radical (unpaired) electrons.